The van der Waals surface area contributed by atoms with Gasteiger partial charge in [-0.3, -0.25) is 4.79 Å². The molecule has 3 aromatic rings. The number of benzene rings is 2. The van der Waals surface area contributed by atoms with E-state index in [1.165, 1.54) is 23.1 Å². The number of hydrazone groups is 1. The highest BCUT2D eigenvalue weighted by Gasteiger charge is 2.28. The molecule has 2 aromatic carbocycles. The molecule has 0 unspecified atom stereocenters. The lowest BCUT2D eigenvalue weighted by Crippen LogP contribution is -2.28. The van der Waals surface area contributed by atoms with Crippen LogP contribution in [0.5, 0.6) is 0 Å². The lowest BCUT2D eigenvalue weighted by atomic mass is 10.0. The zero-order chi connectivity index (χ0) is 18.6. The van der Waals surface area contributed by atoms with Crippen molar-refractivity contribution in [1.29, 1.82) is 0 Å². The maximum Gasteiger partial charge on any atom is 0.253 e. The summed E-state index contributed by atoms with van der Waals surface area (Å²) in [6, 6.07) is 19.7. The minimum Gasteiger partial charge on any atom is -0.272 e. The summed E-state index contributed by atoms with van der Waals surface area (Å²) in [5.41, 5.74) is 2.02. The standard InChI is InChI=1S/C19H16N4OS3/c24-17(23-16(11-12-20-23)14-7-3-1-4-8-14)13-26-18-21-22(19(25)27-18)15-9-5-2-6-10-15/h1-10,12,16H,11,13H2/t16-/m1/s1. The molecule has 1 atom stereocenters. The molecule has 4 rings (SSSR count). The molecular weight excluding hydrogens is 396 g/mol. The molecule has 1 aromatic heterocycles. The fourth-order valence-corrected chi connectivity index (χ4v) is 5.06. The number of thioether (sulfide) groups is 1. The lowest BCUT2D eigenvalue weighted by Gasteiger charge is -2.21. The Morgan fingerprint density at radius 3 is 2.59 bits per heavy atom. The van der Waals surface area contributed by atoms with Crippen LogP contribution in [0.4, 0.5) is 0 Å². The Labute approximate surface area is 170 Å². The number of amides is 1. The van der Waals surface area contributed by atoms with Crippen molar-refractivity contribution in [2.45, 2.75) is 16.8 Å². The maximum absolute atomic E-state index is 12.7. The zero-order valence-corrected chi connectivity index (χ0v) is 16.7. The van der Waals surface area contributed by atoms with Gasteiger partial charge in [0.1, 0.15) is 0 Å². The minimum absolute atomic E-state index is 0.0284. The van der Waals surface area contributed by atoms with E-state index in [4.69, 9.17) is 12.2 Å². The molecule has 0 bridgehead atoms. The van der Waals surface area contributed by atoms with Gasteiger partial charge >= 0.3 is 0 Å². The van der Waals surface area contributed by atoms with Crippen LogP contribution < -0.4 is 0 Å². The van der Waals surface area contributed by atoms with E-state index >= 15 is 0 Å². The predicted molar refractivity (Wildman–Crippen MR) is 112 cm³/mol. The summed E-state index contributed by atoms with van der Waals surface area (Å²) in [7, 11) is 0. The lowest BCUT2D eigenvalue weighted by molar-refractivity contribution is -0.130. The van der Waals surface area contributed by atoms with E-state index in [1.54, 1.807) is 15.9 Å². The van der Waals surface area contributed by atoms with Crippen LogP contribution in [-0.4, -0.2) is 32.7 Å². The molecule has 1 aliphatic heterocycles. The first-order chi connectivity index (χ1) is 13.2. The van der Waals surface area contributed by atoms with Crippen molar-refractivity contribution in [3.8, 4) is 5.69 Å². The summed E-state index contributed by atoms with van der Waals surface area (Å²) in [4.78, 5) is 12.7. The van der Waals surface area contributed by atoms with Gasteiger partial charge in [-0.1, -0.05) is 71.6 Å². The second kappa shape index (κ2) is 8.16. The van der Waals surface area contributed by atoms with Crippen molar-refractivity contribution in [3.05, 3.63) is 70.2 Å². The molecule has 0 spiro atoms. The van der Waals surface area contributed by atoms with Gasteiger partial charge in [0.2, 0.25) is 0 Å². The van der Waals surface area contributed by atoms with Crippen molar-refractivity contribution in [2.24, 2.45) is 5.10 Å². The topological polar surface area (TPSA) is 50.5 Å². The van der Waals surface area contributed by atoms with Crippen LogP contribution in [0.3, 0.4) is 0 Å². The van der Waals surface area contributed by atoms with Gasteiger partial charge in [0.25, 0.3) is 5.91 Å². The third-order valence-electron chi connectivity index (χ3n) is 4.12. The second-order valence-corrected chi connectivity index (χ2v) is 8.71. The Kier molecular flexibility index (Phi) is 5.47. The monoisotopic (exact) mass is 412 g/mol. The van der Waals surface area contributed by atoms with Crippen LogP contribution in [0.1, 0.15) is 18.0 Å². The SMILES string of the molecule is O=C(CSc1nn(-c2ccccc2)c(=S)s1)N1N=CC[C@@H]1c1ccccc1. The minimum atomic E-state index is -0.0324. The third kappa shape index (κ3) is 4.02. The molecular formula is C19H16N4OS3. The molecule has 0 fully saturated rings. The number of aromatic nitrogens is 2. The van der Waals surface area contributed by atoms with E-state index in [9.17, 15) is 4.79 Å². The molecule has 0 N–H and O–H groups in total. The molecule has 0 radical (unpaired) electrons. The Hall–Kier alpha value is -2.29. The number of hydrogen-bond acceptors (Lipinski definition) is 6. The van der Waals surface area contributed by atoms with E-state index in [2.05, 4.69) is 10.2 Å². The summed E-state index contributed by atoms with van der Waals surface area (Å²) >= 11 is 8.22. The largest absolute Gasteiger partial charge is 0.272 e. The van der Waals surface area contributed by atoms with Crippen LogP contribution >= 0.6 is 35.3 Å². The molecule has 0 saturated carbocycles. The van der Waals surface area contributed by atoms with E-state index in [1.807, 2.05) is 60.7 Å². The highest BCUT2D eigenvalue weighted by molar-refractivity contribution is 8.01. The second-order valence-electron chi connectivity index (χ2n) is 5.87. The summed E-state index contributed by atoms with van der Waals surface area (Å²) in [6.07, 6.45) is 2.54. The van der Waals surface area contributed by atoms with E-state index in [-0.39, 0.29) is 17.7 Å². The number of rotatable bonds is 5. The normalized spacial score (nSPS) is 16.0. The Morgan fingerprint density at radius 2 is 1.85 bits per heavy atom. The van der Waals surface area contributed by atoms with Crippen LogP contribution in [0.25, 0.3) is 5.69 Å². The van der Waals surface area contributed by atoms with E-state index < -0.39 is 0 Å². The average Bonchev–Trinajstić information content (AvgIpc) is 3.34. The van der Waals surface area contributed by atoms with Crippen molar-refractivity contribution in [1.82, 2.24) is 14.8 Å². The van der Waals surface area contributed by atoms with Gasteiger partial charge in [-0.15, -0.1) is 5.10 Å². The fraction of sp³-hybridized carbons (Fsp3) is 0.158. The number of hydrogen-bond donors (Lipinski definition) is 0. The van der Waals surface area contributed by atoms with Crippen LogP contribution in [0, 0.1) is 3.95 Å². The highest BCUT2D eigenvalue weighted by atomic mass is 32.2. The first-order valence-corrected chi connectivity index (χ1v) is 10.6. The first kappa shape index (κ1) is 18.1. The molecule has 1 amide bonds. The van der Waals surface area contributed by atoms with Gasteiger partial charge < -0.3 is 0 Å². The molecule has 1 aliphatic rings. The molecule has 8 heteroatoms. The third-order valence-corrected chi connectivity index (χ3v) is 6.47. The number of carbonyl (C=O) groups excluding carboxylic acids is 1. The van der Waals surface area contributed by atoms with Gasteiger partial charge in [-0.05, 0) is 29.9 Å². The molecule has 5 nitrogen and oxygen atoms in total. The van der Waals surface area contributed by atoms with E-state index in [0.717, 1.165) is 22.0 Å². The van der Waals surface area contributed by atoms with Crippen molar-refractivity contribution < 1.29 is 4.79 Å². The van der Waals surface area contributed by atoms with Crippen molar-refractivity contribution >= 4 is 47.4 Å². The smallest absolute Gasteiger partial charge is 0.253 e. The maximum atomic E-state index is 12.7. The molecule has 2 heterocycles. The predicted octanol–water partition coefficient (Wildman–Crippen LogP) is 4.71. The quantitative estimate of drug-likeness (QED) is 0.450. The van der Waals surface area contributed by atoms with Crippen LogP contribution in [0.15, 0.2) is 70.1 Å². The van der Waals surface area contributed by atoms with Gasteiger partial charge in [0.15, 0.2) is 8.29 Å². The van der Waals surface area contributed by atoms with Crippen LogP contribution in [-0.2, 0) is 4.79 Å². The molecule has 0 saturated heterocycles. The average molecular weight is 413 g/mol. The van der Waals surface area contributed by atoms with E-state index in [0.29, 0.717) is 3.95 Å². The zero-order valence-electron chi connectivity index (χ0n) is 14.3. The summed E-state index contributed by atoms with van der Waals surface area (Å²) in [5, 5.41) is 10.4. The number of carbonyl (C=O) groups is 1. The van der Waals surface area contributed by atoms with Gasteiger partial charge in [0.05, 0.1) is 17.5 Å². The first-order valence-electron chi connectivity index (χ1n) is 8.40. The number of para-hydroxylation sites is 1. The fourth-order valence-electron chi connectivity index (χ4n) is 2.85. The molecule has 27 heavy (non-hydrogen) atoms. The summed E-state index contributed by atoms with van der Waals surface area (Å²) in [6.45, 7) is 0. The summed E-state index contributed by atoms with van der Waals surface area (Å²) in [5.74, 6) is 0.243. The Balaban J connectivity index is 1.44. The molecule has 136 valence electrons. The number of nitrogens with zero attached hydrogens (tertiary/aromatic N) is 4. The van der Waals surface area contributed by atoms with Crippen molar-refractivity contribution in [2.75, 3.05) is 5.75 Å². The summed E-state index contributed by atoms with van der Waals surface area (Å²) < 4.78 is 3.17. The highest BCUT2D eigenvalue weighted by Crippen LogP contribution is 2.30. The van der Waals surface area contributed by atoms with Gasteiger partial charge in [0, 0.05) is 12.6 Å². The molecule has 0 aliphatic carbocycles. The Bertz CT molecular complexity index is 1010. The van der Waals surface area contributed by atoms with Crippen LogP contribution in [0.2, 0.25) is 0 Å². The Morgan fingerprint density at radius 1 is 1.15 bits per heavy atom. The van der Waals surface area contributed by atoms with Gasteiger partial charge in [-0.2, -0.15) is 5.10 Å². The van der Waals surface area contributed by atoms with Gasteiger partial charge in [-0.25, -0.2) is 9.69 Å². The van der Waals surface area contributed by atoms with Crippen molar-refractivity contribution in [3.63, 3.8) is 0 Å².